The van der Waals surface area contributed by atoms with E-state index < -0.39 is 16.5 Å². The summed E-state index contributed by atoms with van der Waals surface area (Å²) in [6.45, 7) is 2.71. The molecular formula is C21H22N6O4. The van der Waals surface area contributed by atoms with Gasteiger partial charge in [0.05, 0.1) is 11.5 Å². The van der Waals surface area contributed by atoms with Crippen LogP contribution in [0.4, 0.5) is 23.0 Å². The lowest BCUT2D eigenvalue weighted by atomic mass is 10.2. The van der Waals surface area contributed by atoms with Crippen molar-refractivity contribution in [2.75, 3.05) is 17.3 Å². The first-order valence-corrected chi connectivity index (χ1v) is 9.69. The second kappa shape index (κ2) is 10.5. The van der Waals surface area contributed by atoms with Gasteiger partial charge in [0.2, 0.25) is 11.6 Å². The van der Waals surface area contributed by atoms with Gasteiger partial charge in [0.15, 0.2) is 0 Å². The smallest absolute Gasteiger partial charge is 0.355 e. The predicted molar refractivity (Wildman–Crippen MR) is 116 cm³/mol. The molecule has 1 amide bonds. The van der Waals surface area contributed by atoms with Crippen molar-refractivity contribution < 1.29 is 14.5 Å². The van der Waals surface area contributed by atoms with E-state index in [1.54, 1.807) is 54.6 Å². The quantitative estimate of drug-likeness (QED) is 0.253. The van der Waals surface area contributed by atoms with Gasteiger partial charge in [0.25, 0.3) is 5.91 Å². The molecule has 0 aliphatic heterocycles. The van der Waals surface area contributed by atoms with E-state index in [9.17, 15) is 14.9 Å². The van der Waals surface area contributed by atoms with Gasteiger partial charge in [-0.15, -0.1) is 0 Å². The van der Waals surface area contributed by atoms with Gasteiger partial charge in [-0.3, -0.25) is 25.8 Å². The number of carbonyl (C=O) groups excluding carboxylic acids is 1. The van der Waals surface area contributed by atoms with Crippen molar-refractivity contribution in [2.24, 2.45) is 0 Å². The molecule has 0 saturated heterocycles. The molecule has 10 nitrogen and oxygen atoms in total. The Morgan fingerprint density at radius 3 is 2.45 bits per heavy atom. The van der Waals surface area contributed by atoms with Gasteiger partial charge in [0, 0.05) is 11.3 Å². The molecule has 3 rings (SSSR count). The van der Waals surface area contributed by atoms with Crippen molar-refractivity contribution in [3.63, 3.8) is 0 Å². The van der Waals surface area contributed by atoms with Gasteiger partial charge in [-0.2, -0.15) is 0 Å². The van der Waals surface area contributed by atoms with Gasteiger partial charge in [-0.05, 0) is 42.8 Å². The fourth-order valence-corrected chi connectivity index (χ4v) is 2.62. The molecule has 31 heavy (non-hydrogen) atoms. The average Bonchev–Trinajstić information content (AvgIpc) is 2.79. The summed E-state index contributed by atoms with van der Waals surface area (Å²) in [5, 5.41) is 14.6. The second-order valence-electron chi connectivity index (χ2n) is 6.47. The Hall–Kier alpha value is -4.21. The van der Waals surface area contributed by atoms with E-state index >= 15 is 0 Å². The number of rotatable bonds is 10. The van der Waals surface area contributed by atoms with Crippen LogP contribution in [0.15, 0.2) is 60.9 Å². The molecule has 2 aromatic carbocycles. The summed E-state index contributed by atoms with van der Waals surface area (Å²) in [5.41, 5.74) is 5.49. The number of nitrogens with zero attached hydrogens (tertiary/aromatic N) is 3. The molecule has 10 heteroatoms. The fourth-order valence-electron chi connectivity index (χ4n) is 2.62. The van der Waals surface area contributed by atoms with Gasteiger partial charge in [0.1, 0.15) is 12.1 Å². The van der Waals surface area contributed by atoms with E-state index in [-0.39, 0.29) is 11.6 Å². The SMILES string of the molecule is CCCCOc1ccc(Nc2ncnc(NNC(=O)c3ccccc3)c2[N+](=O)[O-])cc1. The molecule has 1 heterocycles. The minimum Gasteiger partial charge on any atom is -0.494 e. The third-order valence-electron chi connectivity index (χ3n) is 4.22. The Morgan fingerprint density at radius 2 is 1.77 bits per heavy atom. The number of ether oxygens (including phenoxy) is 1. The highest BCUT2D eigenvalue weighted by atomic mass is 16.6. The van der Waals surface area contributed by atoms with Crippen LogP contribution in [0.3, 0.4) is 0 Å². The lowest BCUT2D eigenvalue weighted by molar-refractivity contribution is -0.383. The first-order valence-electron chi connectivity index (χ1n) is 9.69. The highest BCUT2D eigenvalue weighted by Crippen LogP contribution is 2.31. The normalized spacial score (nSPS) is 10.2. The van der Waals surface area contributed by atoms with Crippen LogP contribution >= 0.6 is 0 Å². The number of benzene rings is 2. The Labute approximate surface area is 178 Å². The van der Waals surface area contributed by atoms with Crippen LogP contribution in [0, 0.1) is 10.1 Å². The fraction of sp³-hybridized carbons (Fsp3) is 0.190. The molecule has 0 atom stereocenters. The number of anilines is 3. The third-order valence-corrected chi connectivity index (χ3v) is 4.22. The molecule has 0 saturated carbocycles. The molecule has 0 bridgehead atoms. The van der Waals surface area contributed by atoms with Crippen molar-refractivity contribution in [1.29, 1.82) is 0 Å². The number of nitro groups is 1. The lowest BCUT2D eigenvalue weighted by Gasteiger charge is -2.11. The van der Waals surface area contributed by atoms with Crippen LogP contribution in [0.25, 0.3) is 0 Å². The van der Waals surface area contributed by atoms with Crippen LogP contribution in [-0.2, 0) is 0 Å². The summed E-state index contributed by atoms with van der Waals surface area (Å²) >= 11 is 0. The second-order valence-corrected chi connectivity index (χ2v) is 6.47. The van der Waals surface area contributed by atoms with E-state index in [1.807, 2.05) is 0 Å². The van der Waals surface area contributed by atoms with E-state index in [0.29, 0.717) is 23.6 Å². The van der Waals surface area contributed by atoms with Crippen molar-refractivity contribution in [3.8, 4) is 5.75 Å². The molecule has 1 aromatic heterocycles. The molecule has 3 N–H and O–H groups in total. The predicted octanol–water partition coefficient (Wildman–Crippen LogP) is 4.06. The number of hydrazine groups is 1. The van der Waals surface area contributed by atoms with Gasteiger partial charge < -0.3 is 10.1 Å². The van der Waals surface area contributed by atoms with E-state index in [0.717, 1.165) is 19.2 Å². The maximum atomic E-state index is 12.2. The third kappa shape index (κ3) is 5.89. The Balaban J connectivity index is 1.72. The summed E-state index contributed by atoms with van der Waals surface area (Å²) in [6, 6.07) is 15.4. The molecule has 0 aliphatic rings. The Bertz CT molecular complexity index is 1030. The van der Waals surface area contributed by atoms with Crippen molar-refractivity contribution in [2.45, 2.75) is 19.8 Å². The van der Waals surface area contributed by atoms with Gasteiger partial charge in [-0.25, -0.2) is 9.97 Å². The number of unbranched alkanes of at least 4 members (excludes halogenated alkanes) is 1. The van der Waals surface area contributed by atoms with Gasteiger partial charge >= 0.3 is 5.69 Å². The molecule has 0 spiro atoms. The average molecular weight is 422 g/mol. The Kier molecular flexibility index (Phi) is 7.30. The zero-order chi connectivity index (χ0) is 22.1. The summed E-state index contributed by atoms with van der Waals surface area (Å²) in [6.07, 6.45) is 3.16. The lowest BCUT2D eigenvalue weighted by Crippen LogP contribution is -2.30. The van der Waals surface area contributed by atoms with Crippen LogP contribution < -0.4 is 20.9 Å². The monoisotopic (exact) mass is 422 g/mol. The maximum Gasteiger partial charge on any atom is 0.355 e. The molecule has 0 aliphatic carbocycles. The minimum atomic E-state index is -0.623. The largest absolute Gasteiger partial charge is 0.494 e. The maximum absolute atomic E-state index is 12.2. The molecule has 0 fully saturated rings. The van der Waals surface area contributed by atoms with Crippen LogP contribution in [0.1, 0.15) is 30.1 Å². The van der Waals surface area contributed by atoms with Crippen molar-refractivity contribution in [1.82, 2.24) is 15.4 Å². The Morgan fingerprint density at radius 1 is 1.06 bits per heavy atom. The summed E-state index contributed by atoms with van der Waals surface area (Å²) in [4.78, 5) is 31.1. The zero-order valence-corrected chi connectivity index (χ0v) is 16.9. The summed E-state index contributed by atoms with van der Waals surface area (Å²) in [5.74, 6) is 0.0891. The zero-order valence-electron chi connectivity index (χ0n) is 16.9. The number of nitrogens with one attached hydrogen (secondary N) is 3. The number of carbonyl (C=O) groups is 1. The number of hydrogen-bond donors (Lipinski definition) is 3. The molecule has 3 aromatic rings. The van der Waals surface area contributed by atoms with Crippen LogP contribution in [0.2, 0.25) is 0 Å². The van der Waals surface area contributed by atoms with Crippen LogP contribution in [0.5, 0.6) is 5.75 Å². The van der Waals surface area contributed by atoms with Crippen molar-refractivity contribution in [3.05, 3.63) is 76.6 Å². The number of aromatic nitrogens is 2. The topological polar surface area (TPSA) is 131 Å². The first-order chi connectivity index (χ1) is 15.1. The van der Waals surface area contributed by atoms with Crippen LogP contribution in [-0.4, -0.2) is 27.4 Å². The summed E-state index contributed by atoms with van der Waals surface area (Å²) in [7, 11) is 0. The number of hydrogen-bond acceptors (Lipinski definition) is 8. The minimum absolute atomic E-state index is 0.0175. The van der Waals surface area contributed by atoms with Crippen molar-refractivity contribution >= 4 is 28.9 Å². The van der Waals surface area contributed by atoms with E-state index in [2.05, 4.69) is 33.1 Å². The first kappa shape index (κ1) is 21.5. The van der Waals surface area contributed by atoms with E-state index in [1.165, 1.54) is 0 Å². The molecule has 160 valence electrons. The summed E-state index contributed by atoms with van der Waals surface area (Å²) < 4.78 is 5.61. The highest BCUT2D eigenvalue weighted by Gasteiger charge is 2.23. The van der Waals surface area contributed by atoms with Gasteiger partial charge in [-0.1, -0.05) is 31.5 Å². The number of amides is 1. The standard InChI is InChI=1S/C21H22N6O4/c1-2-3-13-31-17-11-9-16(10-12-17)24-19-18(27(29)30)20(23-14-22-19)25-26-21(28)15-7-5-4-6-8-15/h4-12,14H,2-3,13H2,1H3,(H,26,28)(H2,22,23,24,25). The molecule has 0 radical (unpaired) electrons. The molecule has 0 unspecified atom stereocenters. The molecular weight excluding hydrogens is 400 g/mol. The van der Waals surface area contributed by atoms with E-state index in [4.69, 9.17) is 4.74 Å². The highest BCUT2D eigenvalue weighted by molar-refractivity contribution is 5.95.